The van der Waals surface area contributed by atoms with Gasteiger partial charge in [-0.05, 0) is 6.42 Å². The molecule has 4 heteroatoms. The fourth-order valence-corrected chi connectivity index (χ4v) is 0.858. The second-order valence-electron chi connectivity index (χ2n) is 2.09. The van der Waals surface area contributed by atoms with Crippen LogP contribution in [0.4, 0.5) is 5.82 Å². The van der Waals surface area contributed by atoms with Crippen LogP contribution in [-0.4, -0.2) is 16.3 Å². The van der Waals surface area contributed by atoms with E-state index >= 15 is 0 Å². The van der Waals surface area contributed by atoms with Crippen molar-refractivity contribution >= 4 is 12.1 Å². The van der Waals surface area contributed by atoms with Crippen LogP contribution in [0, 0.1) is 0 Å². The molecule has 0 aliphatic rings. The van der Waals surface area contributed by atoms with Crippen LogP contribution in [0.5, 0.6) is 0 Å². The largest absolute Gasteiger partial charge is 0.383 e. The first-order valence-electron chi connectivity index (χ1n) is 3.34. The Bertz CT molecular complexity index is 272. The molecule has 1 aromatic rings. The fraction of sp³-hybridized carbons (Fsp3) is 0.286. The zero-order chi connectivity index (χ0) is 8.27. The van der Waals surface area contributed by atoms with Crippen LogP contribution in [0.25, 0.3) is 0 Å². The summed E-state index contributed by atoms with van der Waals surface area (Å²) in [5, 5.41) is 0. The minimum absolute atomic E-state index is 0.256. The van der Waals surface area contributed by atoms with Crippen molar-refractivity contribution < 1.29 is 4.79 Å². The monoisotopic (exact) mass is 151 g/mol. The van der Waals surface area contributed by atoms with E-state index in [1.165, 1.54) is 6.33 Å². The van der Waals surface area contributed by atoms with Crippen molar-refractivity contribution in [2.45, 2.75) is 13.3 Å². The molecule has 58 valence electrons. The molecular weight excluding hydrogens is 142 g/mol. The van der Waals surface area contributed by atoms with E-state index in [9.17, 15) is 4.79 Å². The maximum atomic E-state index is 10.4. The summed E-state index contributed by atoms with van der Waals surface area (Å²) < 4.78 is 0. The molecule has 4 nitrogen and oxygen atoms in total. The third-order valence-corrected chi connectivity index (χ3v) is 1.45. The lowest BCUT2D eigenvalue weighted by molar-refractivity contribution is 0.112. The molecule has 0 aliphatic carbocycles. The Labute approximate surface area is 64.5 Å². The number of hydrogen-bond donors (Lipinski definition) is 1. The number of nitrogen functional groups attached to an aromatic ring is 1. The maximum Gasteiger partial charge on any atom is 0.155 e. The van der Waals surface area contributed by atoms with E-state index in [4.69, 9.17) is 5.73 Å². The van der Waals surface area contributed by atoms with Crippen molar-refractivity contribution in [1.29, 1.82) is 0 Å². The molecule has 0 aliphatic heterocycles. The number of aromatic nitrogens is 2. The summed E-state index contributed by atoms with van der Waals surface area (Å²) in [4.78, 5) is 18.0. The number of anilines is 1. The molecule has 0 unspecified atom stereocenters. The van der Waals surface area contributed by atoms with Gasteiger partial charge in [-0.1, -0.05) is 6.92 Å². The molecule has 0 bridgehead atoms. The number of carbonyl (C=O) groups excluding carboxylic acids is 1. The number of nitrogens with two attached hydrogens (primary N) is 1. The quantitative estimate of drug-likeness (QED) is 0.622. The normalized spacial score (nSPS) is 9.55. The van der Waals surface area contributed by atoms with Gasteiger partial charge in [-0.3, -0.25) is 4.79 Å². The number of hydrogen-bond acceptors (Lipinski definition) is 4. The van der Waals surface area contributed by atoms with Crippen molar-refractivity contribution in [3.8, 4) is 0 Å². The number of rotatable bonds is 2. The molecule has 0 spiro atoms. The van der Waals surface area contributed by atoms with Gasteiger partial charge < -0.3 is 5.73 Å². The summed E-state index contributed by atoms with van der Waals surface area (Å²) >= 11 is 0. The van der Waals surface area contributed by atoms with Gasteiger partial charge in [-0.15, -0.1) is 0 Å². The molecule has 2 N–H and O–H groups in total. The van der Waals surface area contributed by atoms with E-state index in [1.54, 1.807) is 0 Å². The summed E-state index contributed by atoms with van der Waals surface area (Å²) in [5.74, 6) is 0.256. The van der Waals surface area contributed by atoms with Gasteiger partial charge in [0.25, 0.3) is 0 Å². The highest BCUT2D eigenvalue weighted by Gasteiger charge is 2.04. The zero-order valence-corrected chi connectivity index (χ0v) is 6.24. The van der Waals surface area contributed by atoms with Crippen molar-refractivity contribution in [2.24, 2.45) is 0 Å². The van der Waals surface area contributed by atoms with E-state index in [-0.39, 0.29) is 5.82 Å². The molecule has 0 saturated heterocycles. The van der Waals surface area contributed by atoms with Crippen molar-refractivity contribution in [1.82, 2.24) is 9.97 Å². The Morgan fingerprint density at radius 2 is 2.36 bits per heavy atom. The Balaban J connectivity index is 3.24. The van der Waals surface area contributed by atoms with Gasteiger partial charge >= 0.3 is 0 Å². The molecule has 1 heterocycles. The molecular formula is C7H9N3O. The lowest BCUT2D eigenvalue weighted by Crippen LogP contribution is -2.03. The molecule has 11 heavy (non-hydrogen) atoms. The van der Waals surface area contributed by atoms with Crippen molar-refractivity contribution in [2.75, 3.05) is 5.73 Å². The number of aryl methyl sites for hydroxylation is 1. The lowest BCUT2D eigenvalue weighted by Gasteiger charge is -2.00. The molecule has 0 fully saturated rings. The van der Waals surface area contributed by atoms with E-state index in [0.717, 1.165) is 0 Å². The zero-order valence-electron chi connectivity index (χ0n) is 6.24. The van der Waals surface area contributed by atoms with Crippen molar-refractivity contribution in [3.63, 3.8) is 0 Å². The highest BCUT2D eigenvalue weighted by atomic mass is 16.1. The van der Waals surface area contributed by atoms with Gasteiger partial charge in [-0.25, -0.2) is 9.97 Å². The summed E-state index contributed by atoms with van der Waals surface area (Å²) in [7, 11) is 0. The van der Waals surface area contributed by atoms with Crippen LogP contribution in [0.15, 0.2) is 6.33 Å². The molecule has 1 aromatic heterocycles. The summed E-state index contributed by atoms with van der Waals surface area (Å²) in [6, 6.07) is 0. The highest BCUT2D eigenvalue weighted by molar-refractivity contribution is 5.82. The summed E-state index contributed by atoms with van der Waals surface area (Å²) in [6.45, 7) is 1.91. The van der Waals surface area contributed by atoms with Crippen LogP contribution in [0.2, 0.25) is 0 Å². The first-order chi connectivity index (χ1) is 5.29. The predicted octanol–water partition coefficient (Wildman–Crippen LogP) is 0.434. The van der Waals surface area contributed by atoms with Gasteiger partial charge in [0.2, 0.25) is 0 Å². The highest BCUT2D eigenvalue weighted by Crippen LogP contribution is 2.08. The lowest BCUT2D eigenvalue weighted by atomic mass is 10.2. The SMILES string of the molecule is CCc1ncnc(N)c1C=O. The van der Waals surface area contributed by atoms with E-state index < -0.39 is 0 Å². The average Bonchev–Trinajstić information content (AvgIpc) is 2.04. The van der Waals surface area contributed by atoms with Crippen LogP contribution >= 0.6 is 0 Å². The average molecular weight is 151 g/mol. The topological polar surface area (TPSA) is 68.9 Å². The van der Waals surface area contributed by atoms with Gasteiger partial charge in [0.1, 0.15) is 12.1 Å². The third kappa shape index (κ3) is 1.34. The third-order valence-electron chi connectivity index (χ3n) is 1.45. The molecule has 0 saturated carbocycles. The standard InChI is InChI=1S/C7H9N3O/c1-2-6-5(3-11)7(8)10-4-9-6/h3-4H,2H2,1H3,(H2,8,9,10). The van der Waals surface area contributed by atoms with Crippen LogP contribution in [0.3, 0.4) is 0 Å². The van der Waals surface area contributed by atoms with E-state index in [2.05, 4.69) is 9.97 Å². The Hall–Kier alpha value is -1.45. The van der Waals surface area contributed by atoms with Gasteiger partial charge in [0.15, 0.2) is 6.29 Å². The molecule has 0 amide bonds. The van der Waals surface area contributed by atoms with Gasteiger partial charge in [0.05, 0.1) is 11.3 Å². The number of aldehydes is 1. The fourth-order valence-electron chi connectivity index (χ4n) is 0.858. The van der Waals surface area contributed by atoms with Gasteiger partial charge in [-0.2, -0.15) is 0 Å². The molecule has 0 radical (unpaired) electrons. The second kappa shape index (κ2) is 3.09. The first-order valence-corrected chi connectivity index (χ1v) is 3.34. The number of nitrogens with zero attached hydrogens (tertiary/aromatic N) is 2. The van der Waals surface area contributed by atoms with Crippen LogP contribution < -0.4 is 5.73 Å². The minimum Gasteiger partial charge on any atom is -0.383 e. The Morgan fingerprint density at radius 1 is 1.64 bits per heavy atom. The minimum atomic E-state index is 0.256. The molecule has 0 atom stereocenters. The predicted molar refractivity (Wildman–Crippen MR) is 41.2 cm³/mol. The van der Waals surface area contributed by atoms with E-state index in [1.807, 2.05) is 6.92 Å². The van der Waals surface area contributed by atoms with Crippen molar-refractivity contribution in [3.05, 3.63) is 17.6 Å². The maximum absolute atomic E-state index is 10.4. The van der Waals surface area contributed by atoms with Crippen LogP contribution in [-0.2, 0) is 6.42 Å². The number of carbonyl (C=O) groups is 1. The Morgan fingerprint density at radius 3 is 2.82 bits per heavy atom. The summed E-state index contributed by atoms with van der Waals surface area (Å²) in [6.07, 6.45) is 2.75. The molecule has 1 rings (SSSR count). The second-order valence-corrected chi connectivity index (χ2v) is 2.09. The smallest absolute Gasteiger partial charge is 0.155 e. The summed E-state index contributed by atoms with van der Waals surface area (Å²) in [5.41, 5.74) is 6.54. The van der Waals surface area contributed by atoms with Gasteiger partial charge in [0, 0.05) is 0 Å². The Kier molecular flexibility index (Phi) is 2.15. The van der Waals surface area contributed by atoms with E-state index in [0.29, 0.717) is 24.0 Å². The molecule has 0 aromatic carbocycles. The first kappa shape index (κ1) is 7.65. The van der Waals surface area contributed by atoms with Crippen LogP contribution in [0.1, 0.15) is 23.0 Å².